The molecule has 1 fully saturated rings. The zero-order valence-corrected chi connectivity index (χ0v) is 15.7. The van der Waals surface area contributed by atoms with Crippen molar-refractivity contribution in [3.05, 3.63) is 34.9 Å². The quantitative estimate of drug-likeness (QED) is 0.760. The Balaban J connectivity index is 2.09. The molecule has 142 valence electrons. The number of nitrogens with zero attached hydrogens (tertiary/aromatic N) is 1. The van der Waals surface area contributed by atoms with Crippen LogP contribution in [0, 0.1) is 0 Å². The van der Waals surface area contributed by atoms with Crippen molar-refractivity contribution in [2.24, 2.45) is 0 Å². The number of aliphatic carboxylic acids is 1. The summed E-state index contributed by atoms with van der Waals surface area (Å²) in [4.78, 5) is 37.1. The Morgan fingerprint density at radius 1 is 1.27 bits per heavy atom. The van der Waals surface area contributed by atoms with Crippen molar-refractivity contribution in [3.8, 4) is 0 Å². The Morgan fingerprint density at radius 2 is 1.96 bits per heavy atom. The number of likely N-dealkylation sites (tertiary alicyclic amines) is 1. The van der Waals surface area contributed by atoms with E-state index in [1.165, 1.54) is 6.92 Å². The first-order chi connectivity index (χ1) is 12.4. The number of amides is 2. The van der Waals surface area contributed by atoms with Gasteiger partial charge in [-0.2, -0.15) is 0 Å². The van der Waals surface area contributed by atoms with Crippen LogP contribution in [0.5, 0.6) is 0 Å². The van der Waals surface area contributed by atoms with E-state index in [-0.39, 0.29) is 30.7 Å². The largest absolute Gasteiger partial charge is 0.481 e. The molecule has 1 aliphatic heterocycles. The third-order valence-electron chi connectivity index (χ3n) is 4.67. The first kappa shape index (κ1) is 20.2. The Hall–Kier alpha value is -2.08. The average Bonchev–Trinajstić information content (AvgIpc) is 2.60. The minimum absolute atomic E-state index is 0.0458. The third kappa shape index (κ3) is 6.02. The Kier molecular flexibility index (Phi) is 7.45. The van der Waals surface area contributed by atoms with Crippen LogP contribution in [0.1, 0.15) is 57.1 Å². The van der Waals surface area contributed by atoms with E-state index in [9.17, 15) is 14.4 Å². The molecular formula is C19H25ClN2O4. The minimum atomic E-state index is -0.847. The highest BCUT2D eigenvalue weighted by molar-refractivity contribution is 6.30. The van der Waals surface area contributed by atoms with Gasteiger partial charge in [0.1, 0.15) is 0 Å². The molecule has 0 bridgehead atoms. The number of carboxylic acid groups (broad SMARTS) is 1. The topological polar surface area (TPSA) is 86.7 Å². The molecule has 1 heterocycles. The van der Waals surface area contributed by atoms with Crippen molar-refractivity contribution >= 4 is 29.4 Å². The van der Waals surface area contributed by atoms with Gasteiger partial charge in [-0.05, 0) is 43.4 Å². The van der Waals surface area contributed by atoms with Crippen molar-refractivity contribution in [1.82, 2.24) is 10.2 Å². The van der Waals surface area contributed by atoms with E-state index in [2.05, 4.69) is 5.32 Å². The molecule has 2 amide bonds. The minimum Gasteiger partial charge on any atom is -0.481 e. The van der Waals surface area contributed by atoms with Gasteiger partial charge in [0.05, 0.1) is 12.5 Å². The molecule has 6 nitrogen and oxygen atoms in total. The van der Waals surface area contributed by atoms with E-state index in [1.54, 1.807) is 29.2 Å². The molecular weight excluding hydrogens is 356 g/mol. The van der Waals surface area contributed by atoms with E-state index >= 15 is 0 Å². The highest BCUT2D eigenvalue weighted by Crippen LogP contribution is 2.25. The maximum Gasteiger partial charge on any atom is 0.303 e. The van der Waals surface area contributed by atoms with Crippen LogP contribution in [0.4, 0.5) is 0 Å². The predicted molar refractivity (Wildman–Crippen MR) is 98.8 cm³/mol. The van der Waals surface area contributed by atoms with Crippen LogP contribution >= 0.6 is 11.6 Å². The first-order valence-electron chi connectivity index (χ1n) is 8.90. The molecule has 0 radical (unpaired) electrons. The van der Waals surface area contributed by atoms with Gasteiger partial charge in [-0.3, -0.25) is 14.4 Å². The summed E-state index contributed by atoms with van der Waals surface area (Å²) >= 11 is 5.92. The van der Waals surface area contributed by atoms with Crippen molar-refractivity contribution in [3.63, 3.8) is 0 Å². The maximum absolute atomic E-state index is 12.9. The normalized spacial score (nSPS) is 18.2. The van der Waals surface area contributed by atoms with Crippen LogP contribution in [0.2, 0.25) is 5.02 Å². The molecule has 1 aromatic rings. The summed E-state index contributed by atoms with van der Waals surface area (Å²) in [5.41, 5.74) is 0.817. The SMILES string of the molecule is CC(=O)N[C@@H](CC(=O)N1CCCC[C@H]1CCC(=O)O)c1ccc(Cl)cc1. The van der Waals surface area contributed by atoms with E-state index in [0.29, 0.717) is 18.0 Å². The molecule has 0 aliphatic carbocycles. The van der Waals surface area contributed by atoms with Gasteiger partial charge in [-0.15, -0.1) is 0 Å². The second-order valence-corrected chi connectivity index (χ2v) is 7.11. The van der Waals surface area contributed by atoms with Crippen molar-refractivity contribution in [1.29, 1.82) is 0 Å². The number of piperidine rings is 1. The number of rotatable bonds is 7. The lowest BCUT2D eigenvalue weighted by Gasteiger charge is -2.36. The molecule has 1 aliphatic rings. The number of hydrogen-bond donors (Lipinski definition) is 2. The average molecular weight is 381 g/mol. The van der Waals surface area contributed by atoms with Gasteiger partial charge in [-0.25, -0.2) is 0 Å². The second-order valence-electron chi connectivity index (χ2n) is 6.68. The van der Waals surface area contributed by atoms with Crippen molar-refractivity contribution in [2.45, 2.75) is 57.5 Å². The van der Waals surface area contributed by atoms with E-state index < -0.39 is 12.0 Å². The van der Waals surface area contributed by atoms with Gasteiger partial charge in [0.2, 0.25) is 11.8 Å². The van der Waals surface area contributed by atoms with E-state index in [1.807, 2.05) is 0 Å². The number of hydrogen-bond acceptors (Lipinski definition) is 3. The van der Waals surface area contributed by atoms with Gasteiger partial charge < -0.3 is 15.3 Å². The van der Waals surface area contributed by atoms with Crippen molar-refractivity contribution < 1.29 is 19.5 Å². The molecule has 0 aromatic heterocycles. The monoisotopic (exact) mass is 380 g/mol. The van der Waals surface area contributed by atoms with Crippen LogP contribution in [-0.4, -0.2) is 40.4 Å². The molecule has 2 atom stereocenters. The maximum atomic E-state index is 12.9. The zero-order chi connectivity index (χ0) is 19.1. The van der Waals surface area contributed by atoms with E-state index in [4.69, 9.17) is 16.7 Å². The van der Waals surface area contributed by atoms with Crippen LogP contribution in [0.3, 0.4) is 0 Å². The number of benzene rings is 1. The second kappa shape index (κ2) is 9.57. The summed E-state index contributed by atoms with van der Waals surface area (Å²) in [5, 5.41) is 12.3. The smallest absolute Gasteiger partial charge is 0.303 e. The lowest BCUT2D eigenvalue weighted by molar-refractivity contribution is -0.140. The molecule has 7 heteroatoms. The van der Waals surface area contributed by atoms with E-state index in [0.717, 1.165) is 24.8 Å². The number of halogens is 1. The molecule has 1 aromatic carbocycles. The van der Waals surface area contributed by atoms with Crippen molar-refractivity contribution in [2.75, 3.05) is 6.54 Å². The van der Waals surface area contributed by atoms with Crippen LogP contribution in [-0.2, 0) is 14.4 Å². The van der Waals surface area contributed by atoms with Gasteiger partial charge in [-0.1, -0.05) is 23.7 Å². The number of carboxylic acids is 1. The Labute approximate surface area is 158 Å². The van der Waals surface area contributed by atoms with Crippen LogP contribution in [0.15, 0.2) is 24.3 Å². The summed E-state index contributed by atoms with van der Waals surface area (Å²) in [6.45, 7) is 2.06. The highest BCUT2D eigenvalue weighted by Gasteiger charge is 2.29. The lowest BCUT2D eigenvalue weighted by atomic mass is 9.96. The van der Waals surface area contributed by atoms with Gasteiger partial charge in [0.15, 0.2) is 0 Å². The standard InChI is InChI=1S/C19H25ClN2O4/c1-13(23)21-17(14-5-7-15(20)8-6-14)12-18(24)22-11-3-2-4-16(22)9-10-19(25)26/h5-8,16-17H,2-4,9-12H2,1H3,(H,21,23)(H,25,26)/t16-,17-/m0/s1. The summed E-state index contributed by atoms with van der Waals surface area (Å²) in [6.07, 6.45) is 3.41. The number of carbonyl (C=O) groups excluding carboxylic acids is 2. The summed E-state index contributed by atoms with van der Waals surface area (Å²) in [7, 11) is 0. The molecule has 26 heavy (non-hydrogen) atoms. The lowest BCUT2D eigenvalue weighted by Crippen LogP contribution is -2.45. The molecule has 2 N–H and O–H groups in total. The molecule has 0 unspecified atom stereocenters. The van der Waals surface area contributed by atoms with Crippen LogP contribution in [0.25, 0.3) is 0 Å². The Bertz CT molecular complexity index is 647. The fourth-order valence-corrected chi connectivity index (χ4v) is 3.53. The summed E-state index contributed by atoms with van der Waals surface area (Å²) in [5.74, 6) is -1.12. The Morgan fingerprint density at radius 3 is 2.58 bits per heavy atom. The van der Waals surface area contributed by atoms with Gasteiger partial charge in [0.25, 0.3) is 0 Å². The number of nitrogens with one attached hydrogen (secondary N) is 1. The summed E-state index contributed by atoms with van der Waals surface area (Å²) in [6, 6.07) is 6.58. The predicted octanol–water partition coefficient (Wildman–Crippen LogP) is 3.15. The third-order valence-corrected chi connectivity index (χ3v) is 4.92. The molecule has 0 saturated carbocycles. The molecule has 2 rings (SSSR count). The van der Waals surface area contributed by atoms with Gasteiger partial charge >= 0.3 is 5.97 Å². The highest BCUT2D eigenvalue weighted by atomic mass is 35.5. The fraction of sp³-hybridized carbons (Fsp3) is 0.526. The summed E-state index contributed by atoms with van der Waals surface area (Å²) < 4.78 is 0. The van der Waals surface area contributed by atoms with Crippen LogP contribution < -0.4 is 5.32 Å². The van der Waals surface area contributed by atoms with Gasteiger partial charge in [0, 0.05) is 31.0 Å². The molecule has 1 saturated heterocycles. The zero-order valence-electron chi connectivity index (χ0n) is 14.9. The molecule has 0 spiro atoms. The fourth-order valence-electron chi connectivity index (χ4n) is 3.40. The number of carbonyl (C=O) groups is 3. The first-order valence-corrected chi connectivity index (χ1v) is 9.28.